The molecule has 1 aliphatic heterocycles. The van der Waals surface area contributed by atoms with Gasteiger partial charge in [0.1, 0.15) is 11.5 Å². The predicted octanol–water partition coefficient (Wildman–Crippen LogP) is 6.23. The first-order valence-electron chi connectivity index (χ1n) is 11.7. The van der Waals surface area contributed by atoms with Gasteiger partial charge < -0.3 is 10.1 Å². The molecule has 2 heterocycles. The van der Waals surface area contributed by atoms with E-state index >= 15 is 0 Å². The smallest absolute Gasteiger partial charge is 0.263 e. The number of pyridine rings is 1. The third-order valence-corrected chi connectivity index (χ3v) is 7.15. The lowest BCUT2D eigenvalue weighted by Gasteiger charge is -2.09. The number of nitrogens with zero attached hydrogens (tertiary/aromatic N) is 2. The second-order valence-electron chi connectivity index (χ2n) is 8.66. The molecule has 0 radical (unpaired) electrons. The minimum Gasteiger partial charge on any atom is -0.457 e. The van der Waals surface area contributed by atoms with Crippen LogP contribution in [0.5, 0.6) is 11.5 Å². The molecule has 0 bridgehead atoms. The Kier molecular flexibility index (Phi) is 5.80. The van der Waals surface area contributed by atoms with Gasteiger partial charge in [-0.15, -0.1) is 0 Å². The number of fused-ring (bicyclic) bond motifs is 1. The van der Waals surface area contributed by atoms with Crippen molar-refractivity contribution in [1.82, 2.24) is 10.3 Å². The summed E-state index contributed by atoms with van der Waals surface area (Å²) in [4.78, 5) is 22.4. The van der Waals surface area contributed by atoms with Crippen molar-refractivity contribution in [3.8, 4) is 11.5 Å². The average Bonchev–Trinajstić information content (AvgIpc) is 3.57. The molecule has 3 aromatic carbocycles. The maximum Gasteiger partial charge on any atom is 0.263 e. The summed E-state index contributed by atoms with van der Waals surface area (Å²) < 4.78 is 6.10. The number of thioether (sulfide) groups is 1. The van der Waals surface area contributed by atoms with Crippen LogP contribution in [-0.2, 0) is 11.2 Å². The fraction of sp³-hybridized carbons (Fsp3) is 0.138. The van der Waals surface area contributed by atoms with E-state index < -0.39 is 0 Å². The molecule has 1 amide bonds. The third-order valence-electron chi connectivity index (χ3n) is 6.18. The van der Waals surface area contributed by atoms with Crippen molar-refractivity contribution >= 4 is 33.7 Å². The minimum atomic E-state index is -0.0822. The summed E-state index contributed by atoms with van der Waals surface area (Å²) in [6.45, 7) is 0. The number of aliphatic imine (C=N–C) groups is 1. The number of carbonyl (C=O) groups is 1. The summed E-state index contributed by atoms with van der Waals surface area (Å²) in [5.41, 5.74) is 3.27. The lowest BCUT2D eigenvalue weighted by atomic mass is 10.1. The van der Waals surface area contributed by atoms with Crippen LogP contribution >= 0.6 is 11.8 Å². The quantitative estimate of drug-likeness (QED) is 0.335. The van der Waals surface area contributed by atoms with Gasteiger partial charge in [0.2, 0.25) is 0 Å². The maximum atomic E-state index is 12.5. The predicted molar refractivity (Wildman–Crippen MR) is 141 cm³/mol. The highest BCUT2D eigenvalue weighted by Gasteiger charge is 2.39. The molecule has 5 nitrogen and oxygen atoms in total. The molecule has 1 saturated carbocycles. The molecule has 1 saturated heterocycles. The summed E-state index contributed by atoms with van der Waals surface area (Å²) >= 11 is 1.43. The Balaban J connectivity index is 1.16. The Morgan fingerprint density at radius 3 is 2.66 bits per heavy atom. The van der Waals surface area contributed by atoms with Crippen molar-refractivity contribution in [2.75, 3.05) is 0 Å². The molecule has 6 rings (SSSR count). The number of carbonyl (C=O) groups excluding carboxylic acids is 1. The highest BCUT2D eigenvalue weighted by molar-refractivity contribution is 8.18. The molecule has 172 valence electrons. The van der Waals surface area contributed by atoms with E-state index in [9.17, 15) is 4.79 Å². The maximum absolute atomic E-state index is 12.5. The van der Waals surface area contributed by atoms with Crippen LogP contribution in [0.2, 0.25) is 0 Å². The van der Waals surface area contributed by atoms with Crippen LogP contribution in [0.3, 0.4) is 0 Å². The van der Waals surface area contributed by atoms with Gasteiger partial charge in [0.05, 0.1) is 16.5 Å². The van der Waals surface area contributed by atoms with Crippen LogP contribution in [0.1, 0.15) is 23.5 Å². The standard InChI is InChI=1S/C29H23N3O2S/c33-28-27(35-29(32-28)31-25-18-22(25)20-7-3-1-4-8-20)14-12-19-11-13-24-23(17-19)26(15-16-30-24)34-21-9-5-2-6-10-21/h1-11,13-17,22,25H,12,18H2,(H,31,32,33)/b27-14-/t22-,25+/m0/s1. The fourth-order valence-corrected chi connectivity index (χ4v) is 5.12. The van der Waals surface area contributed by atoms with E-state index in [0.29, 0.717) is 22.4 Å². The van der Waals surface area contributed by atoms with Crippen molar-refractivity contribution < 1.29 is 9.53 Å². The van der Waals surface area contributed by atoms with Crippen LogP contribution in [0, 0.1) is 0 Å². The van der Waals surface area contributed by atoms with E-state index in [1.807, 2.05) is 60.7 Å². The highest BCUT2D eigenvalue weighted by atomic mass is 32.2. The Morgan fingerprint density at radius 2 is 1.83 bits per heavy atom. The van der Waals surface area contributed by atoms with E-state index in [-0.39, 0.29) is 11.9 Å². The van der Waals surface area contributed by atoms with Gasteiger partial charge in [0.15, 0.2) is 5.17 Å². The number of hydrogen-bond donors (Lipinski definition) is 1. The topological polar surface area (TPSA) is 63.6 Å². The molecule has 1 aromatic heterocycles. The van der Waals surface area contributed by atoms with Crippen molar-refractivity contribution in [3.05, 3.63) is 113 Å². The molecule has 0 spiro atoms. The molecule has 35 heavy (non-hydrogen) atoms. The van der Waals surface area contributed by atoms with E-state index in [1.165, 1.54) is 17.3 Å². The van der Waals surface area contributed by atoms with Gasteiger partial charge in [-0.2, -0.15) is 0 Å². The number of nitrogens with one attached hydrogen (secondary N) is 1. The number of amidine groups is 1. The lowest BCUT2D eigenvalue weighted by Crippen LogP contribution is -2.20. The van der Waals surface area contributed by atoms with Gasteiger partial charge in [0.25, 0.3) is 5.91 Å². The average molecular weight is 478 g/mol. The largest absolute Gasteiger partial charge is 0.457 e. The van der Waals surface area contributed by atoms with E-state index in [2.05, 4.69) is 40.6 Å². The monoisotopic (exact) mass is 477 g/mol. The van der Waals surface area contributed by atoms with Crippen molar-refractivity contribution in [3.63, 3.8) is 0 Å². The van der Waals surface area contributed by atoms with Gasteiger partial charge in [-0.3, -0.25) is 14.8 Å². The number of hydrogen-bond acceptors (Lipinski definition) is 5. The third kappa shape index (κ3) is 4.84. The first-order valence-corrected chi connectivity index (χ1v) is 12.5. The molecular weight excluding hydrogens is 454 g/mol. The summed E-state index contributed by atoms with van der Waals surface area (Å²) in [7, 11) is 0. The Morgan fingerprint density at radius 1 is 1.03 bits per heavy atom. The molecule has 4 aromatic rings. The van der Waals surface area contributed by atoms with Crippen LogP contribution in [-0.4, -0.2) is 22.1 Å². The van der Waals surface area contributed by atoms with Crippen LogP contribution in [0.4, 0.5) is 0 Å². The first kappa shape index (κ1) is 21.6. The molecule has 1 N–H and O–H groups in total. The van der Waals surface area contributed by atoms with Gasteiger partial charge in [-0.1, -0.05) is 60.7 Å². The summed E-state index contributed by atoms with van der Waals surface area (Å²) in [6.07, 6.45) is 5.39. The van der Waals surface area contributed by atoms with E-state index in [4.69, 9.17) is 9.73 Å². The summed E-state index contributed by atoms with van der Waals surface area (Å²) in [6, 6.07) is 28.4. The van der Waals surface area contributed by atoms with Crippen LogP contribution < -0.4 is 10.1 Å². The van der Waals surface area contributed by atoms with Gasteiger partial charge >= 0.3 is 0 Å². The van der Waals surface area contributed by atoms with Crippen LogP contribution in [0.25, 0.3) is 10.9 Å². The second-order valence-corrected chi connectivity index (χ2v) is 9.69. The molecule has 2 atom stereocenters. The number of para-hydroxylation sites is 1. The van der Waals surface area contributed by atoms with Gasteiger partial charge in [-0.05, 0) is 66.1 Å². The molecule has 0 unspecified atom stereocenters. The van der Waals surface area contributed by atoms with Crippen molar-refractivity contribution in [2.45, 2.75) is 24.8 Å². The molecular formula is C29H23N3O2S. The number of benzene rings is 3. The summed E-state index contributed by atoms with van der Waals surface area (Å²) in [5.74, 6) is 1.91. The lowest BCUT2D eigenvalue weighted by molar-refractivity contribution is -0.115. The van der Waals surface area contributed by atoms with Gasteiger partial charge in [0, 0.05) is 17.5 Å². The number of ether oxygens (including phenoxy) is 1. The Hall–Kier alpha value is -3.90. The van der Waals surface area contributed by atoms with Crippen molar-refractivity contribution in [2.24, 2.45) is 4.99 Å². The number of allylic oxidation sites excluding steroid dienone is 1. The zero-order valence-electron chi connectivity index (χ0n) is 18.9. The van der Waals surface area contributed by atoms with Gasteiger partial charge in [-0.25, -0.2) is 0 Å². The van der Waals surface area contributed by atoms with E-state index in [1.54, 1.807) is 6.20 Å². The molecule has 2 aliphatic rings. The van der Waals surface area contributed by atoms with Crippen molar-refractivity contribution in [1.29, 1.82) is 0 Å². The second kappa shape index (κ2) is 9.39. The zero-order valence-corrected chi connectivity index (χ0v) is 19.7. The molecule has 6 heteroatoms. The minimum absolute atomic E-state index is 0.0822. The number of amides is 1. The SMILES string of the molecule is O=C1NC(=N[C@@H]2C[C@H]2c2ccccc2)S/C1=C\Cc1ccc2nccc(Oc3ccccc3)c2c1. The van der Waals surface area contributed by atoms with E-state index in [0.717, 1.165) is 34.4 Å². The normalized spacial score (nSPS) is 21.4. The fourth-order valence-electron chi connectivity index (χ4n) is 4.27. The summed E-state index contributed by atoms with van der Waals surface area (Å²) in [5, 5.41) is 4.57. The molecule has 2 fully saturated rings. The molecule has 1 aliphatic carbocycles. The Bertz CT molecular complexity index is 1450. The Labute approximate surface area is 208 Å². The zero-order chi connectivity index (χ0) is 23.6. The van der Waals surface area contributed by atoms with Crippen LogP contribution in [0.15, 0.2) is 107 Å². The number of rotatable bonds is 6. The highest BCUT2D eigenvalue weighted by Crippen LogP contribution is 2.44. The number of aromatic nitrogens is 1. The first-order chi connectivity index (χ1) is 17.2.